The summed E-state index contributed by atoms with van der Waals surface area (Å²) in [6, 6.07) is 10.2. The minimum Gasteiger partial charge on any atom is -0.489 e. The first kappa shape index (κ1) is 45.7. The lowest BCUT2D eigenvalue weighted by atomic mass is 9.97. The molecular formula is C51H60N8O8. The Balaban J connectivity index is 0.859. The van der Waals surface area contributed by atoms with Crippen LogP contribution in [0.2, 0.25) is 0 Å². The van der Waals surface area contributed by atoms with Crippen LogP contribution in [0.25, 0.3) is 0 Å². The van der Waals surface area contributed by atoms with Gasteiger partial charge >= 0.3 is 5.97 Å². The highest BCUT2D eigenvalue weighted by molar-refractivity contribution is 6.02. The number of aliphatic hydroxyl groups is 1. The molecule has 7 aliphatic rings. The highest BCUT2D eigenvalue weighted by Gasteiger charge is 2.43. The van der Waals surface area contributed by atoms with Gasteiger partial charge in [0.2, 0.25) is 5.91 Å². The minimum absolute atomic E-state index is 0.00351. The summed E-state index contributed by atoms with van der Waals surface area (Å²) < 4.78 is 17.6. The number of benzene rings is 2. The molecule has 2 aromatic carbocycles. The summed E-state index contributed by atoms with van der Waals surface area (Å²) in [5, 5.41) is 27.1. The number of fused-ring (bicyclic) bond motifs is 5. The number of hydrogen-bond acceptors (Lipinski definition) is 12. The van der Waals surface area contributed by atoms with Crippen molar-refractivity contribution in [3.63, 3.8) is 0 Å². The molecule has 352 valence electrons. The van der Waals surface area contributed by atoms with Crippen molar-refractivity contribution in [2.24, 2.45) is 4.99 Å². The number of nitrogens with zero attached hydrogens (tertiary/aromatic N) is 3. The Morgan fingerprint density at radius 2 is 1.67 bits per heavy atom. The number of rotatable bonds is 17. The monoisotopic (exact) mass is 912 g/mol. The number of methoxy groups -OCH3 is 1. The van der Waals surface area contributed by atoms with Crippen molar-refractivity contribution in [3.05, 3.63) is 123 Å². The molecule has 4 aliphatic heterocycles. The number of aliphatic imine (C=N–C) groups is 1. The third-order valence-electron chi connectivity index (χ3n) is 13.5. The van der Waals surface area contributed by atoms with Crippen molar-refractivity contribution in [1.29, 1.82) is 0 Å². The Kier molecular flexibility index (Phi) is 13.5. The molecule has 0 bridgehead atoms. The largest absolute Gasteiger partial charge is 0.489 e. The fourth-order valence-electron chi connectivity index (χ4n) is 10.1. The van der Waals surface area contributed by atoms with Crippen LogP contribution < -0.4 is 31.3 Å². The smallest absolute Gasteiger partial charge is 0.305 e. The number of carbonyl (C=O) groups is 4. The third-order valence-corrected chi connectivity index (χ3v) is 13.5. The van der Waals surface area contributed by atoms with Crippen molar-refractivity contribution in [1.82, 2.24) is 25.8 Å². The van der Waals surface area contributed by atoms with E-state index >= 15 is 0 Å². The summed E-state index contributed by atoms with van der Waals surface area (Å²) >= 11 is 0. The van der Waals surface area contributed by atoms with Crippen LogP contribution in [-0.4, -0.2) is 102 Å². The van der Waals surface area contributed by atoms with Crippen LogP contribution in [0.15, 0.2) is 112 Å². The molecule has 0 radical (unpaired) electrons. The Morgan fingerprint density at radius 1 is 0.910 bits per heavy atom. The topological polar surface area (TPSA) is 195 Å². The van der Waals surface area contributed by atoms with Gasteiger partial charge in [0.05, 0.1) is 48.7 Å². The molecule has 2 unspecified atom stereocenters. The average Bonchev–Trinajstić information content (AvgIpc) is 4.11. The van der Waals surface area contributed by atoms with Crippen molar-refractivity contribution in [3.8, 4) is 5.75 Å². The number of hydrogen-bond donors (Lipinski definition) is 6. The second kappa shape index (κ2) is 19.8. The van der Waals surface area contributed by atoms with Crippen molar-refractivity contribution >= 4 is 40.9 Å². The molecule has 6 N–H and O–H groups in total. The second-order valence-corrected chi connectivity index (χ2v) is 18.1. The van der Waals surface area contributed by atoms with E-state index in [9.17, 15) is 24.3 Å². The van der Waals surface area contributed by atoms with Gasteiger partial charge in [-0.3, -0.25) is 34.4 Å². The summed E-state index contributed by atoms with van der Waals surface area (Å²) in [6.45, 7) is 4.62. The van der Waals surface area contributed by atoms with Crippen LogP contribution in [0.5, 0.6) is 5.75 Å². The van der Waals surface area contributed by atoms with Crippen LogP contribution in [-0.2, 0) is 37.1 Å². The first-order valence-electron chi connectivity index (χ1n) is 23.4. The molecule has 16 nitrogen and oxygen atoms in total. The van der Waals surface area contributed by atoms with Gasteiger partial charge in [0.1, 0.15) is 36.6 Å². The number of amidine groups is 1. The SMILES string of the molecule is CN=C(N[C@@H](C)C(=O)Nc1cc(COc2ccc3c(c2)NC[C@H]2CC4=C(CC=C4)N2C3=O)cc(COC2C=CC3=C(C2)N[C@@H]2CC4=C(CC=C4)N2C3=O)c1)[C@H](C)NC(O)CCCCC(=O)OC. The number of esters is 1. The van der Waals surface area contributed by atoms with Crippen molar-refractivity contribution in [2.45, 2.75) is 121 Å². The lowest BCUT2D eigenvalue weighted by Crippen LogP contribution is -2.51. The number of unbranched alkanes of at least 4 members (excludes halogenated alkanes) is 1. The third kappa shape index (κ3) is 9.83. The van der Waals surface area contributed by atoms with E-state index in [4.69, 9.17) is 14.2 Å². The molecule has 0 spiro atoms. The van der Waals surface area contributed by atoms with Gasteiger partial charge in [-0.2, -0.15) is 0 Å². The molecule has 6 atom stereocenters. The van der Waals surface area contributed by atoms with E-state index in [1.54, 1.807) is 14.0 Å². The van der Waals surface area contributed by atoms with Gasteiger partial charge < -0.3 is 45.5 Å². The first-order chi connectivity index (χ1) is 32.5. The maximum atomic E-state index is 13.8. The van der Waals surface area contributed by atoms with Gasteiger partial charge in [-0.25, -0.2) is 0 Å². The van der Waals surface area contributed by atoms with E-state index in [-0.39, 0.29) is 55.2 Å². The fraction of sp³-hybridized carbons (Fsp3) is 0.431. The molecule has 67 heavy (non-hydrogen) atoms. The number of carbonyl (C=O) groups excluding carboxylic acids is 4. The van der Waals surface area contributed by atoms with Gasteiger partial charge in [0.15, 0.2) is 0 Å². The zero-order chi connectivity index (χ0) is 46.8. The number of ether oxygens (including phenoxy) is 3. The molecule has 0 aromatic heterocycles. The lowest BCUT2D eigenvalue weighted by Gasteiger charge is -2.37. The van der Waals surface area contributed by atoms with Crippen LogP contribution >= 0.6 is 0 Å². The average molecular weight is 913 g/mol. The normalized spacial score (nSPS) is 22.6. The molecule has 4 heterocycles. The maximum Gasteiger partial charge on any atom is 0.305 e. The summed E-state index contributed by atoms with van der Waals surface area (Å²) in [5.74, 6) is 0.526. The molecule has 3 amide bonds. The fourth-order valence-corrected chi connectivity index (χ4v) is 10.1. The van der Waals surface area contributed by atoms with E-state index in [1.165, 1.54) is 18.3 Å². The Hall–Kier alpha value is -6.49. The van der Waals surface area contributed by atoms with Gasteiger partial charge in [-0.15, -0.1) is 0 Å². The highest BCUT2D eigenvalue weighted by Crippen LogP contribution is 2.42. The summed E-state index contributed by atoms with van der Waals surface area (Å²) in [6.07, 6.45) is 16.7. The summed E-state index contributed by atoms with van der Waals surface area (Å²) in [7, 11) is 2.98. The Morgan fingerprint density at radius 3 is 2.45 bits per heavy atom. The lowest BCUT2D eigenvalue weighted by molar-refractivity contribution is -0.140. The number of aliphatic hydroxyl groups excluding tert-OH is 1. The first-order valence-corrected chi connectivity index (χ1v) is 23.4. The molecule has 0 fully saturated rings. The molecule has 0 saturated heterocycles. The van der Waals surface area contributed by atoms with E-state index in [0.29, 0.717) is 67.1 Å². The molecule has 2 aromatic rings. The zero-order valence-corrected chi connectivity index (χ0v) is 38.5. The highest BCUT2D eigenvalue weighted by atomic mass is 16.5. The molecule has 0 saturated carbocycles. The summed E-state index contributed by atoms with van der Waals surface area (Å²) in [5.41, 5.74) is 9.71. The van der Waals surface area contributed by atoms with Crippen LogP contribution in [0, 0.1) is 0 Å². The Bertz CT molecular complexity index is 2560. The van der Waals surface area contributed by atoms with Gasteiger partial charge in [0, 0.05) is 74.5 Å². The standard InChI is InChI=1S/C51H60N8O8/c1-29(54-46(60)13-5-6-14-47(61)65-4)48(52-3)55-30(2)49(62)56-35-20-31(27-66-37-15-17-39-41(24-37)53-26-36-22-33-9-7-11-43(33)58(36)50(39)63)19-32(21-35)28-67-38-16-18-40-42(25-38)57-45-23-34-10-8-12-44(34)59(45)51(40)64/h7-10,15-21,24,29-30,36,38,45-46,53-54,57,60H,5-6,11-14,22-23,25-28H2,1-4H3,(H,52,55)(H,56,62)/t29-,30-,36+,38?,45-,46?/m0/s1. The molecule has 9 rings (SSSR count). The van der Waals surface area contributed by atoms with Crippen LogP contribution in [0.4, 0.5) is 11.4 Å². The van der Waals surface area contributed by atoms with Gasteiger partial charge in [-0.1, -0.05) is 30.4 Å². The van der Waals surface area contributed by atoms with Crippen molar-refractivity contribution < 1.29 is 38.5 Å². The molecule has 3 aliphatic carbocycles. The second-order valence-electron chi connectivity index (χ2n) is 18.1. The maximum absolute atomic E-state index is 13.8. The zero-order valence-electron chi connectivity index (χ0n) is 38.5. The van der Waals surface area contributed by atoms with Gasteiger partial charge in [0.25, 0.3) is 11.8 Å². The predicted molar refractivity (Wildman–Crippen MR) is 253 cm³/mol. The summed E-state index contributed by atoms with van der Waals surface area (Å²) in [4.78, 5) is 60.9. The number of anilines is 2. The minimum atomic E-state index is -0.837. The van der Waals surface area contributed by atoms with E-state index in [0.717, 1.165) is 59.6 Å². The quantitative estimate of drug-likeness (QED) is 0.0381. The number of allylic oxidation sites excluding steroid dienone is 4. The van der Waals surface area contributed by atoms with E-state index < -0.39 is 18.3 Å². The predicted octanol–water partition coefficient (Wildman–Crippen LogP) is 5.57. The Labute approximate surface area is 390 Å². The molecule has 16 heteroatoms. The van der Waals surface area contributed by atoms with E-state index in [2.05, 4.69) is 55.9 Å². The van der Waals surface area contributed by atoms with E-state index in [1.807, 2.05) is 65.3 Å². The number of nitrogens with one attached hydrogen (secondary N) is 5. The van der Waals surface area contributed by atoms with Gasteiger partial charge in [-0.05, 0) is 98.2 Å². The van der Waals surface area contributed by atoms with Crippen LogP contribution in [0.3, 0.4) is 0 Å². The molecular weight excluding hydrogens is 853 g/mol. The van der Waals surface area contributed by atoms with Crippen molar-refractivity contribution in [2.75, 3.05) is 31.3 Å². The number of amides is 3. The van der Waals surface area contributed by atoms with Crippen LogP contribution in [0.1, 0.15) is 93.1 Å².